The zero-order chi connectivity index (χ0) is 21.3. The predicted octanol–water partition coefficient (Wildman–Crippen LogP) is 4.40. The van der Waals surface area contributed by atoms with Crippen molar-refractivity contribution in [1.29, 1.82) is 0 Å². The second kappa shape index (κ2) is 8.22. The molecule has 3 aromatic rings. The third kappa shape index (κ3) is 4.12. The molecule has 4 rings (SSSR count). The minimum Gasteiger partial charge on any atom is -0.325 e. The van der Waals surface area contributed by atoms with E-state index in [9.17, 15) is 13.2 Å². The molecule has 0 aromatic heterocycles. The van der Waals surface area contributed by atoms with Gasteiger partial charge in [-0.25, -0.2) is 8.42 Å². The van der Waals surface area contributed by atoms with Crippen LogP contribution in [0.25, 0.3) is 0 Å². The molecule has 0 unspecified atom stereocenters. The van der Waals surface area contributed by atoms with E-state index in [4.69, 9.17) is 11.6 Å². The van der Waals surface area contributed by atoms with Gasteiger partial charge in [0.2, 0.25) is 15.9 Å². The van der Waals surface area contributed by atoms with E-state index in [-0.39, 0.29) is 17.3 Å². The molecule has 1 N–H and O–H groups in total. The molecule has 30 heavy (non-hydrogen) atoms. The first kappa shape index (κ1) is 20.6. The number of amides is 1. The first-order chi connectivity index (χ1) is 14.3. The van der Waals surface area contributed by atoms with Crippen LogP contribution in [0.4, 0.5) is 5.69 Å². The fourth-order valence-electron chi connectivity index (χ4n) is 3.58. The molecule has 0 saturated carbocycles. The van der Waals surface area contributed by atoms with Crippen LogP contribution >= 0.6 is 11.6 Å². The summed E-state index contributed by atoms with van der Waals surface area (Å²) in [5.74, 6) is -0.373. The van der Waals surface area contributed by atoms with Gasteiger partial charge in [0.15, 0.2) is 0 Å². The van der Waals surface area contributed by atoms with Crippen molar-refractivity contribution in [3.63, 3.8) is 0 Å². The van der Waals surface area contributed by atoms with Gasteiger partial charge in [0.05, 0.1) is 4.90 Å². The summed E-state index contributed by atoms with van der Waals surface area (Å²) >= 11 is 5.91. The Morgan fingerprint density at radius 1 is 0.967 bits per heavy atom. The van der Waals surface area contributed by atoms with Crippen LogP contribution in [0.3, 0.4) is 0 Å². The quantitative estimate of drug-likeness (QED) is 0.653. The summed E-state index contributed by atoms with van der Waals surface area (Å²) < 4.78 is 28.2. The molecular formula is C23H21ClN2O3S. The van der Waals surface area contributed by atoms with Crippen molar-refractivity contribution in [2.45, 2.75) is 30.8 Å². The van der Waals surface area contributed by atoms with Gasteiger partial charge in [-0.05, 0) is 60.9 Å². The summed E-state index contributed by atoms with van der Waals surface area (Å²) in [6, 6.07) is 20.2. The summed E-state index contributed by atoms with van der Waals surface area (Å²) in [7, 11) is -3.86. The lowest BCUT2D eigenvalue weighted by Crippen LogP contribution is -2.50. The molecule has 0 aliphatic carbocycles. The van der Waals surface area contributed by atoms with Crippen LogP contribution in [0.2, 0.25) is 5.02 Å². The van der Waals surface area contributed by atoms with Crippen molar-refractivity contribution >= 4 is 33.2 Å². The Bertz CT molecular complexity index is 1180. The molecular weight excluding hydrogens is 420 g/mol. The number of carbonyl (C=O) groups excluding carboxylic acids is 1. The lowest BCUT2D eigenvalue weighted by molar-refractivity contribution is -0.120. The van der Waals surface area contributed by atoms with Gasteiger partial charge in [0.25, 0.3) is 0 Å². The van der Waals surface area contributed by atoms with E-state index in [1.54, 1.807) is 48.5 Å². The maximum atomic E-state index is 13.4. The predicted molar refractivity (Wildman–Crippen MR) is 118 cm³/mol. The van der Waals surface area contributed by atoms with Gasteiger partial charge in [-0.2, -0.15) is 4.31 Å². The Kier molecular flexibility index (Phi) is 5.64. The number of nitrogens with one attached hydrogen (secondary N) is 1. The summed E-state index contributed by atoms with van der Waals surface area (Å²) in [5.41, 5.74) is 3.42. The first-order valence-electron chi connectivity index (χ1n) is 9.56. The molecule has 0 radical (unpaired) electrons. The number of fused-ring (bicyclic) bond motifs is 1. The number of carbonyl (C=O) groups is 1. The van der Waals surface area contributed by atoms with Crippen molar-refractivity contribution in [3.05, 3.63) is 94.5 Å². The summed E-state index contributed by atoms with van der Waals surface area (Å²) in [4.78, 5) is 13.3. The molecule has 0 fully saturated rings. The fraction of sp³-hybridized carbons (Fsp3) is 0.174. The Labute approximate surface area is 181 Å². The van der Waals surface area contributed by atoms with Crippen LogP contribution in [-0.2, 0) is 27.8 Å². The molecule has 1 aliphatic rings. The van der Waals surface area contributed by atoms with Crippen LogP contribution < -0.4 is 5.32 Å². The largest absolute Gasteiger partial charge is 0.325 e. The number of benzene rings is 3. The zero-order valence-corrected chi connectivity index (χ0v) is 18.0. The van der Waals surface area contributed by atoms with Crippen molar-refractivity contribution in [2.24, 2.45) is 0 Å². The van der Waals surface area contributed by atoms with Crippen molar-refractivity contribution < 1.29 is 13.2 Å². The Morgan fingerprint density at radius 3 is 2.27 bits per heavy atom. The number of nitrogens with zero attached hydrogens (tertiary/aromatic N) is 1. The molecule has 0 bridgehead atoms. The standard InChI is InChI=1S/C23H21ClN2O3S/c1-16-6-12-21(13-7-16)30(28,29)26-15-18-5-3-2-4-17(18)14-22(26)23(27)25-20-10-8-19(24)9-11-20/h2-13,22H,14-15H2,1H3,(H,25,27)/t22-/m0/s1. The molecule has 1 aliphatic heterocycles. The molecule has 154 valence electrons. The second-order valence-corrected chi connectivity index (χ2v) is 9.68. The Hall–Kier alpha value is -2.67. The van der Waals surface area contributed by atoms with Gasteiger partial charge in [0, 0.05) is 17.3 Å². The zero-order valence-electron chi connectivity index (χ0n) is 16.4. The number of aryl methyl sites for hydroxylation is 1. The van der Waals surface area contributed by atoms with Crippen LogP contribution in [0.5, 0.6) is 0 Å². The molecule has 1 atom stereocenters. The minimum absolute atomic E-state index is 0.144. The van der Waals surface area contributed by atoms with Crippen LogP contribution in [-0.4, -0.2) is 24.7 Å². The van der Waals surface area contributed by atoms with Crippen molar-refractivity contribution in [3.8, 4) is 0 Å². The van der Waals surface area contributed by atoms with Crippen molar-refractivity contribution in [2.75, 3.05) is 5.32 Å². The highest BCUT2D eigenvalue weighted by Crippen LogP contribution is 2.30. The van der Waals surface area contributed by atoms with Gasteiger partial charge in [-0.1, -0.05) is 53.6 Å². The number of sulfonamides is 1. The SMILES string of the molecule is Cc1ccc(S(=O)(=O)N2Cc3ccccc3C[C@H]2C(=O)Nc2ccc(Cl)cc2)cc1. The number of hydrogen-bond donors (Lipinski definition) is 1. The lowest BCUT2D eigenvalue weighted by Gasteiger charge is -2.35. The average Bonchev–Trinajstić information content (AvgIpc) is 2.74. The number of halogens is 1. The molecule has 7 heteroatoms. The first-order valence-corrected chi connectivity index (χ1v) is 11.4. The highest BCUT2D eigenvalue weighted by Gasteiger charge is 2.39. The maximum absolute atomic E-state index is 13.4. The van der Waals surface area contributed by atoms with E-state index >= 15 is 0 Å². The van der Waals surface area contributed by atoms with Gasteiger partial charge >= 0.3 is 0 Å². The number of anilines is 1. The van der Waals surface area contributed by atoms with E-state index in [2.05, 4.69) is 5.32 Å². The third-order valence-corrected chi connectivity index (χ3v) is 7.37. The highest BCUT2D eigenvalue weighted by molar-refractivity contribution is 7.89. The number of hydrogen-bond acceptors (Lipinski definition) is 3. The normalized spacial score (nSPS) is 16.7. The van der Waals surface area contributed by atoms with E-state index < -0.39 is 16.1 Å². The second-order valence-electron chi connectivity index (χ2n) is 7.35. The van der Waals surface area contributed by atoms with E-state index in [0.29, 0.717) is 17.1 Å². The summed E-state index contributed by atoms with van der Waals surface area (Å²) in [5, 5.41) is 3.39. The molecule has 1 amide bonds. The third-order valence-electron chi connectivity index (χ3n) is 5.25. The number of rotatable bonds is 4. The molecule has 3 aromatic carbocycles. The van der Waals surface area contributed by atoms with Gasteiger partial charge in [-0.3, -0.25) is 4.79 Å². The van der Waals surface area contributed by atoms with Crippen molar-refractivity contribution in [1.82, 2.24) is 4.31 Å². The van der Waals surface area contributed by atoms with E-state index in [1.807, 2.05) is 31.2 Å². The molecule has 5 nitrogen and oxygen atoms in total. The van der Waals surface area contributed by atoms with Gasteiger partial charge < -0.3 is 5.32 Å². The van der Waals surface area contributed by atoms with Crippen LogP contribution in [0.1, 0.15) is 16.7 Å². The van der Waals surface area contributed by atoms with E-state index in [1.165, 1.54) is 4.31 Å². The van der Waals surface area contributed by atoms with Gasteiger partial charge in [0.1, 0.15) is 6.04 Å². The topological polar surface area (TPSA) is 66.5 Å². The summed E-state index contributed by atoms with van der Waals surface area (Å²) in [6.07, 6.45) is 0.306. The molecule has 0 spiro atoms. The summed E-state index contributed by atoms with van der Waals surface area (Å²) in [6.45, 7) is 2.04. The average molecular weight is 441 g/mol. The van der Waals surface area contributed by atoms with Crippen LogP contribution in [0.15, 0.2) is 77.7 Å². The van der Waals surface area contributed by atoms with Gasteiger partial charge in [-0.15, -0.1) is 0 Å². The smallest absolute Gasteiger partial charge is 0.244 e. The van der Waals surface area contributed by atoms with E-state index in [0.717, 1.165) is 16.7 Å². The fourth-order valence-corrected chi connectivity index (χ4v) is 5.27. The van der Waals surface area contributed by atoms with Crippen LogP contribution in [0, 0.1) is 6.92 Å². The maximum Gasteiger partial charge on any atom is 0.244 e. The minimum atomic E-state index is -3.86. The lowest BCUT2D eigenvalue weighted by atomic mass is 9.95. The Balaban J connectivity index is 1.70. The molecule has 1 heterocycles. The monoisotopic (exact) mass is 440 g/mol. The molecule has 0 saturated heterocycles. The Morgan fingerprint density at radius 2 is 1.60 bits per heavy atom. The highest BCUT2D eigenvalue weighted by atomic mass is 35.5.